The number of esters is 2. The Morgan fingerprint density at radius 3 is 2.45 bits per heavy atom. The van der Waals surface area contributed by atoms with Crippen molar-refractivity contribution in [3.63, 3.8) is 0 Å². The van der Waals surface area contributed by atoms with Gasteiger partial charge in [-0.15, -0.1) is 0 Å². The number of rotatable bonds is 2. The second-order valence-corrected chi connectivity index (χ2v) is 1.62. The first-order chi connectivity index (χ1) is 4.57. The van der Waals surface area contributed by atoms with E-state index in [0.29, 0.717) is 0 Å². The predicted octanol–water partition coefficient (Wildman–Crippen LogP) is -3.26. The summed E-state index contributed by atoms with van der Waals surface area (Å²) >= 11 is 0. The number of aliphatic hydroxyl groups is 1. The molecule has 0 amide bonds. The molecule has 0 radical (unpaired) electrons. The van der Waals surface area contributed by atoms with Crippen LogP contribution < -0.4 is 29.6 Å². The summed E-state index contributed by atoms with van der Waals surface area (Å²) in [4.78, 5) is 20.6. The Kier molecular flexibility index (Phi) is 7.99. The van der Waals surface area contributed by atoms with Gasteiger partial charge in [-0.2, -0.15) is 0 Å². The zero-order valence-corrected chi connectivity index (χ0v) is 8.53. The maximum Gasteiger partial charge on any atom is 1.00 e. The minimum Gasteiger partial charge on any atom is -1.00 e. The Hall–Kier alpha value is -0.160. The van der Waals surface area contributed by atoms with Gasteiger partial charge in [-0.05, 0) is 6.92 Å². The molecule has 0 aliphatic rings. The van der Waals surface area contributed by atoms with Gasteiger partial charge in [0.2, 0.25) is 0 Å². The van der Waals surface area contributed by atoms with Crippen molar-refractivity contribution in [2.24, 2.45) is 0 Å². The number of aliphatic hydroxyl groups excluding tert-OH is 1. The van der Waals surface area contributed by atoms with Crippen LogP contribution in [-0.4, -0.2) is 23.1 Å². The Balaban J connectivity index is -0.000000405. The van der Waals surface area contributed by atoms with E-state index in [1.807, 2.05) is 0 Å². The molecule has 0 saturated heterocycles. The summed E-state index contributed by atoms with van der Waals surface area (Å²) in [5.41, 5.74) is 0. The van der Waals surface area contributed by atoms with Gasteiger partial charge in [0.1, 0.15) is 6.10 Å². The molecule has 1 unspecified atom stereocenters. The standard InChI is InChI=1S/C6H8O4.Na.H/c1-3-5(8)10-6(9)4(2)7;;/h3-4,7H,1H2,2H3;;/q;+1;-1. The van der Waals surface area contributed by atoms with E-state index in [-0.39, 0.29) is 31.0 Å². The van der Waals surface area contributed by atoms with Gasteiger partial charge in [0, 0.05) is 6.08 Å². The quantitative estimate of drug-likeness (QED) is 0.203. The van der Waals surface area contributed by atoms with E-state index in [0.717, 1.165) is 6.08 Å². The van der Waals surface area contributed by atoms with Gasteiger partial charge >= 0.3 is 41.5 Å². The fourth-order valence-electron chi connectivity index (χ4n) is 0.226. The van der Waals surface area contributed by atoms with Crippen LogP contribution in [0.25, 0.3) is 0 Å². The topological polar surface area (TPSA) is 63.6 Å². The van der Waals surface area contributed by atoms with E-state index in [9.17, 15) is 9.59 Å². The second-order valence-electron chi connectivity index (χ2n) is 1.62. The Labute approximate surface area is 88.0 Å². The van der Waals surface area contributed by atoms with Crippen LogP contribution in [0.2, 0.25) is 0 Å². The number of hydrogen-bond donors (Lipinski definition) is 1. The van der Waals surface area contributed by atoms with Gasteiger partial charge in [0.05, 0.1) is 0 Å². The molecule has 0 aromatic carbocycles. The first kappa shape index (κ1) is 13.4. The van der Waals surface area contributed by atoms with Crippen LogP contribution in [0.4, 0.5) is 0 Å². The zero-order valence-electron chi connectivity index (χ0n) is 7.53. The van der Waals surface area contributed by atoms with Crippen LogP contribution in [-0.2, 0) is 14.3 Å². The molecular formula is C6H9NaO4. The number of carbonyl (C=O) groups excluding carboxylic acids is 2. The number of hydrogen-bond acceptors (Lipinski definition) is 4. The summed E-state index contributed by atoms with van der Waals surface area (Å²) in [6, 6.07) is 0. The maximum atomic E-state index is 10.4. The molecule has 58 valence electrons. The van der Waals surface area contributed by atoms with Crippen molar-refractivity contribution in [3.8, 4) is 0 Å². The molecule has 0 spiro atoms. The molecule has 0 aliphatic carbocycles. The zero-order chi connectivity index (χ0) is 8.15. The van der Waals surface area contributed by atoms with E-state index in [2.05, 4.69) is 11.3 Å². The first-order valence-electron chi connectivity index (χ1n) is 2.64. The molecular weight excluding hydrogens is 159 g/mol. The van der Waals surface area contributed by atoms with E-state index < -0.39 is 18.0 Å². The Bertz CT molecular complexity index is 169. The molecule has 11 heavy (non-hydrogen) atoms. The largest absolute Gasteiger partial charge is 1.00 e. The summed E-state index contributed by atoms with van der Waals surface area (Å²) in [6.45, 7) is 4.27. The van der Waals surface area contributed by atoms with Crippen LogP contribution in [0.3, 0.4) is 0 Å². The van der Waals surface area contributed by atoms with Crippen molar-refractivity contribution in [3.05, 3.63) is 12.7 Å². The molecule has 5 heteroatoms. The van der Waals surface area contributed by atoms with Crippen molar-refractivity contribution in [1.29, 1.82) is 0 Å². The molecule has 0 fully saturated rings. The average Bonchev–Trinajstić information content (AvgIpc) is 1.87. The second kappa shape index (κ2) is 6.54. The third kappa shape index (κ3) is 6.25. The van der Waals surface area contributed by atoms with E-state index in [4.69, 9.17) is 5.11 Å². The normalized spacial score (nSPS) is 10.7. The van der Waals surface area contributed by atoms with Crippen LogP contribution >= 0.6 is 0 Å². The molecule has 0 aromatic heterocycles. The summed E-state index contributed by atoms with van der Waals surface area (Å²) in [6.07, 6.45) is -0.427. The van der Waals surface area contributed by atoms with Crippen molar-refractivity contribution in [1.82, 2.24) is 0 Å². The fraction of sp³-hybridized carbons (Fsp3) is 0.333. The average molecular weight is 168 g/mol. The maximum absolute atomic E-state index is 10.4. The van der Waals surface area contributed by atoms with Gasteiger partial charge in [-0.25, -0.2) is 9.59 Å². The summed E-state index contributed by atoms with van der Waals surface area (Å²) < 4.78 is 4.02. The Morgan fingerprint density at radius 1 is 1.73 bits per heavy atom. The summed E-state index contributed by atoms with van der Waals surface area (Å²) in [7, 11) is 0. The van der Waals surface area contributed by atoms with Crippen LogP contribution in [0.5, 0.6) is 0 Å². The molecule has 0 saturated carbocycles. The fourth-order valence-corrected chi connectivity index (χ4v) is 0.226. The molecule has 0 rings (SSSR count). The van der Waals surface area contributed by atoms with E-state index in [1.54, 1.807) is 0 Å². The third-order valence-corrected chi connectivity index (χ3v) is 0.709. The van der Waals surface area contributed by atoms with Crippen LogP contribution in [0.1, 0.15) is 8.35 Å². The van der Waals surface area contributed by atoms with Crippen LogP contribution in [0, 0.1) is 0 Å². The molecule has 1 atom stereocenters. The molecule has 1 N–H and O–H groups in total. The summed E-state index contributed by atoms with van der Waals surface area (Å²) in [5, 5.41) is 8.50. The predicted molar refractivity (Wildman–Crippen MR) is 34.1 cm³/mol. The SMILES string of the molecule is C=CC(=O)OC(=O)C(C)O.[H-].[Na+]. The van der Waals surface area contributed by atoms with E-state index in [1.165, 1.54) is 6.92 Å². The molecule has 4 nitrogen and oxygen atoms in total. The van der Waals surface area contributed by atoms with Gasteiger partial charge in [-0.3, -0.25) is 0 Å². The molecule has 0 aromatic rings. The van der Waals surface area contributed by atoms with Crippen LogP contribution in [0.15, 0.2) is 12.7 Å². The summed E-state index contributed by atoms with van der Waals surface area (Å²) in [5.74, 6) is -1.82. The van der Waals surface area contributed by atoms with Gasteiger partial charge in [0.15, 0.2) is 0 Å². The van der Waals surface area contributed by atoms with Crippen molar-refractivity contribution >= 4 is 11.9 Å². The smallest absolute Gasteiger partial charge is 1.00 e. The minimum atomic E-state index is -1.27. The number of carbonyl (C=O) groups is 2. The Morgan fingerprint density at radius 2 is 2.18 bits per heavy atom. The van der Waals surface area contributed by atoms with Gasteiger partial charge in [-0.1, -0.05) is 6.58 Å². The third-order valence-electron chi connectivity index (χ3n) is 0.709. The van der Waals surface area contributed by atoms with E-state index >= 15 is 0 Å². The van der Waals surface area contributed by atoms with Crippen molar-refractivity contribution in [2.75, 3.05) is 0 Å². The minimum absolute atomic E-state index is 0. The number of ether oxygens (including phenoxy) is 1. The van der Waals surface area contributed by atoms with Gasteiger partial charge < -0.3 is 11.3 Å². The molecule has 0 bridgehead atoms. The molecule has 0 heterocycles. The monoisotopic (exact) mass is 168 g/mol. The van der Waals surface area contributed by atoms with Crippen molar-refractivity contribution < 1.29 is 50.4 Å². The molecule has 0 aliphatic heterocycles. The van der Waals surface area contributed by atoms with Gasteiger partial charge in [0.25, 0.3) is 0 Å². The van der Waals surface area contributed by atoms with Crippen molar-refractivity contribution in [2.45, 2.75) is 13.0 Å². The first-order valence-corrected chi connectivity index (χ1v) is 2.64.